The number of nitrogens with zero attached hydrogens (tertiary/aromatic N) is 1. The first-order chi connectivity index (χ1) is 8.41. The Morgan fingerprint density at radius 3 is 2.61 bits per heavy atom. The minimum absolute atomic E-state index is 0.326. The fourth-order valence-corrected chi connectivity index (χ4v) is 1.20. The Labute approximate surface area is 101 Å². The van der Waals surface area contributed by atoms with Gasteiger partial charge in [0.25, 0.3) is 5.91 Å². The van der Waals surface area contributed by atoms with Crippen LogP contribution in [0.15, 0.2) is 18.3 Å². The van der Waals surface area contributed by atoms with E-state index in [-0.39, 0.29) is 5.69 Å². The molecule has 0 fully saturated rings. The molecule has 0 aliphatic carbocycles. The van der Waals surface area contributed by atoms with Crippen LogP contribution in [0.2, 0.25) is 0 Å². The molecule has 1 heterocycles. The van der Waals surface area contributed by atoms with Crippen LogP contribution in [0.1, 0.15) is 16.9 Å². The maximum Gasteiger partial charge on any atom is 0.326 e. The maximum atomic E-state index is 11.6. The van der Waals surface area contributed by atoms with Crippen molar-refractivity contribution in [3.05, 3.63) is 24.0 Å². The Hall–Kier alpha value is -2.64. The molecule has 0 unspecified atom stereocenters. The molecular formula is C10H11N3O5. The molecule has 8 heteroatoms. The van der Waals surface area contributed by atoms with E-state index in [0.29, 0.717) is 0 Å². The highest BCUT2D eigenvalue weighted by atomic mass is 16.4. The normalized spacial score (nSPS) is 11.6. The van der Waals surface area contributed by atoms with Crippen molar-refractivity contribution in [2.45, 2.75) is 12.5 Å². The second-order valence-electron chi connectivity index (χ2n) is 3.41. The van der Waals surface area contributed by atoms with Crippen molar-refractivity contribution in [3.63, 3.8) is 0 Å². The number of carboxylic acids is 1. The van der Waals surface area contributed by atoms with Crippen molar-refractivity contribution in [3.8, 4) is 5.75 Å². The quantitative estimate of drug-likeness (QED) is 0.521. The molecule has 18 heavy (non-hydrogen) atoms. The highest BCUT2D eigenvalue weighted by Crippen LogP contribution is 2.12. The molecule has 0 saturated carbocycles. The number of nitrogens with one attached hydrogen (secondary N) is 1. The summed E-state index contributed by atoms with van der Waals surface area (Å²) in [4.78, 5) is 36.6. The fourth-order valence-electron chi connectivity index (χ4n) is 1.20. The summed E-state index contributed by atoms with van der Waals surface area (Å²) in [6.45, 7) is 0. The van der Waals surface area contributed by atoms with Crippen molar-refractivity contribution in [2.24, 2.45) is 5.73 Å². The van der Waals surface area contributed by atoms with Gasteiger partial charge in [0.15, 0.2) is 5.69 Å². The Morgan fingerprint density at radius 1 is 1.44 bits per heavy atom. The summed E-state index contributed by atoms with van der Waals surface area (Å²) in [6, 6.07) is 1.17. The SMILES string of the molecule is NC(=O)C[C@@H](NC(=O)c1ncccc1O)C(=O)O. The molecule has 0 aromatic carbocycles. The molecule has 0 bridgehead atoms. The van der Waals surface area contributed by atoms with Gasteiger partial charge in [0.2, 0.25) is 5.91 Å². The number of carboxylic acid groups (broad SMARTS) is 1. The van der Waals surface area contributed by atoms with Gasteiger partial charge in [0.1, 0.15) is 11.8 Å². The lowest BCUT2D eigenvalue weighted by Gasteiger charge is -2.12. The Balaban J connectivity index is 2.82. The summed E-state index contributed by atoms with van der Waals surface area (Å²) in [5, 5.41) is 20.2. The van der Waals surface area contributed by atoms with Crippen LogP contribution in [0.5, 0.6) is 5.75 Å². The number of primary amides is 1. The van der Waals surface area contributed by atoms with Crippen LogP contribution < -0.4 is 11.1 Å². The second-order valence-corrected chi connectivity index (χ2v) is 3.41. The molecular weight excluding hydrogens is 242 g/mol. The zero-order valence-corrected chi connectivity index (χ0v) is 9.16. The fraction of sp³-hybridized carbons (Fsp3) is 0.200. The first kappa shape index (κ1) is 13.4. The highest BCUT2D eigenvalue weighted by molar-refractivity contribution is 5.97. The molecule has 1 rings (SSSR count). The molecule has 1 aromatic rings. The Bertz CT molecular complexity index is 488. The van der Waals surface area contributed by atoms with Crippen LogP contribution in [-0.2, 0) is 9.59 Å². The van der Waals surface area contributed by atoms with Crippen molar-refractivity contribution < 1.29 is 24.6 Å². The summed E-state index contributed by atoms with van der Waals surface area (Å²) in [6.07, 6.45) is 0.715. The molecule has 0 saturated heterocycles. The zero-order valence-electron chi connectivity index (χ0n) is 9.16. The van der Waals surface area contributed by atoms with Crippen LogP contribution >= 0.6 is 0 Å². The van der Waals surface area contributed by atoms with Crippen LogP contribution in [-0.4, -0.2) is 39.0 Å². The number of aliphatic carboxylic acids is 1. The van der Waals surface area contributed by atoms with Gasteiger partial charge >= 0.3 is 5.97 Å². The van der Waals surface area contributed by atoms with Gasteiger partial charge in [0.05, 0.1) is 6.42 Å². The maximum absolute atomic E-state index is 11.6. The van der Waals surface area contributed by atoms with E-state index in [0.717, 1.165) is 0 Å². The van der Waals surface area contributed by atoms with Gasteiger partial charge in [-0.3, -0.25) is 9.59 Å². The predicted molar refractivity (Wildman–Crippen MR) is 58.6 cm³/mol. The molecule has 0 aliphatic rings. The van der Waals surface area contributed by atoms with E-state index in [4.69, 9.17) is 10.8 Å². The minimum Gasteiger partial charge on any atom is -0.505 e. The molecule has 1 aromatic heterocycles. The number of aromatic hydroxyl groups is 1. The average molecular weight is 253 g/mol. The van der Waals surface area contributed by atoms with Gasteiger partial charge in [-0.05, 0) is 12.1 Å². The van der Waals surface area contributed by atoms with E-state index in [1.807, 2.05) is 5.32 Å². The van der Waals surface area contributed by atoms with E-state index in [1.165, 1.54) is 18.3 Å². The predicted octanol–water partition coefficient (Wildman–Crippen LogP) is -1.15. The van der Waals surface area contributed by atoms with Crippen molar-refractivity contribution >= 4 is 17.8 Å². The number of hydrogen-bond donors (Lipinski definition) is 4. The Kier molecular flexibility index (Phi) is 4.19. The van der Waals surface area contributed by atoms with Crippen LogP contribution in [0.4, 0.5) is 0 Å². The molecule has 0 aliphatic heterocycles. The summed E-state index contributed by atoms with van der Waals surface area (Å²) < 4.78 is 0. The minimum atomic E-state index is -1.46. The molecule has 0 radical (unpaired) electrons. The molecule has 0 spiro atoms. The number of rotatable bonds is 5. The van der Waals surface area contributed by atoms with Crippen LogP contribution in [0, 0.1) is 0 Å². The number of carbonyl (C=O) groups excluding carboxylic acids is 2. The van der Waals surface area contributed by atoms with Gasteiger partial charge in [0, 0.05) is 6.20 Å². The van der Waals surface area contributed by atoms with E-state index in [1.54, 1.807) is 0 Å². The smallest absolute Gasteiger partial charge is 0.326 e. The van der Waals surface area contributed by atoms with Crippen LogP contribution in [0.25, 0.3) is 0 Å². The summed E-state index contributed by atoms with van der Waals surface area (Å²) in [5.41, 5.74) is 4.53. The van der Waals surface area contributed by atoms with Gasteiger partial charge in [-0.15, -0.1) is 0 Å². The topological polar surface area (TPSA) is 143 Å². The standard InChI is InChI=1S/C10H11N3O5/c11-7(15)4-5(10(17)18)13-9(16)8-6(14)2-1-3-12-8/h1-3,5,14H,4H2,(H2,11,15)(H,13,16)(H,17,18)/t5-/m1/s1. The van der Waals surface area contributed by atoms with Crippen molar-refractivity contribution in [2.75, 3.05) is 0 Å². The molecule has 96 valence electrons. The third-order valence-electron chi connectivity index (χ3n) is 2.01. The lowest BCUT2D eigenvalue weighted by Crippen LogP contribution is -2.43. The van der Waals surface area contributed by atoms with Gasteiger partial charge in [-0.2, -0.15) is 0 Å². The summed E-state index contributed by atoms with van der Waals surface area (Å²) in [5.74, 6) is -3.56. The van der Waals surface area contributed by atoms with Crippen molar-refractivity contribution in [1.29, 1.82) is 0 Å². The van der Waals surface area contributed by atoms with E-state index in [9.17, 15) is 19.5 Å². The van der Waals surface area contributed by atoms with E-state index >= 15 is 0 Å². The average Bonchev–Trinajstić information content (AvgIpc) is 2.27. The monoisotopic (exact) mass is 253 g/mol. The number of pyridine rings is 1. The number of nitrogens with two attached hydrogens (primary N) is 1. The second kappa shape index (κ2) is 5.62. The molecule has 2 amide bonds. The molecule has 5 N–H and O–H groups in total. The molecule has 1 atom stereocenters. The van der Waals surface area contributed by atoms with Gasteiger partial charge in [-0.1, -0.05) is 0 Å². The van der Waals surface area contributed by atoms with Gasteiger partial charge < -0.3 is 21.3 Å². The first-order valence-electron chi connectivity index (χ1n) is 4.87. The summed E-state index contributed by atoms with van der Waals surface area (Å²) >= 11 is 0. The molecule has 8 nitrogen and oxygen atoms in total. The van der Waals surface area contributed by atoms with Crippen LogP contribution in [0.3, 0.4) is 0 Å². The lowest BCUT2D eigenvalue weighted by atomic mass is 10.2. The summed E-state index contributed by atoms with van der Waals surface area (Å²) in [7, 11) is 0. The number of amides is 2. The number of aromatic nitrogens is 1. The third-order valence-corrected chi connectivity index (χ3v) is 2.01. The Morgan fingerprint density at radius 2 is 2.11 bits per heavy atom. The van der Waals surface area contributed by atoms with Crippen molar-refractivity contribution in [1.82, 2.24) is 10.3 Å². The highest BCUT2D eigenvalue weighted by Gasteiger charge is 2.24. The van der Waals surface area contributed by atoms with Gasteiger partial charge in [-0.25, -0.2) is 9.78 Å². The number of carbonyl (C=O) groups is 3. The first-order valence-corrected chi connectivity index (χ1v) is 4.87. The number of hydrogen-bond acceptors (Lipinski definition) is 5. The zero-order chi connectivity index (χ0) is 13.7. The van der Waals surface area contributed by atoms with E-state index in [2.05, 4.69) is 4.98 Å². The van der Waals surface area contributed by atoms with E-state index < -0.39 is 36.0 Å². The third kappa shape index (κ3) is 3.44. The lowest BCUT2D eigenvalue weighted by molar-refractivity contribution is -0.140. The largest absolute Gasteiger partial charge is 0.505 e.